The summed E-state index contributed by atoms with van der Waals surface area (Å²) in [7, 11) is 0. The van der Waals surface area contributed by atoms with Gasteiger partial charge in [-0.3, -0.25) is 4.98 Å². The second kappa shape index (κ2) is 7.18. The van der Waals surface area contributed by atoms with Gasteiger partial charge in [0.05, 0.1) is 18.1 Å². The van der Waals surface area contributed by atoms with Gasteiger partial charge in [0.15, 0.2) is 6.79 Å². The van der Waals surface area contributed by atoms with Gasteiger partial charge >= 0.3 is 0 Å². The van der Waals surface area contributed by atoms with Gasteiger partial charge < -0.3 is 19.7 Å². The standard InChI is InChI=1S/C13H21N3O2/c1-2-17-11-18-13-8-12(9-15-10-13)16-6-3-4-14-5-7-16/h8-10,14H,2-7,11H2,1H3. The number of hydrogen-bond donors (Lipinski definition) is 1. The average Bonchev–Trinajstić information content (AvgIpc) is 2.68. The lowest BCUT2D eigenvalue weighted by Gasteiger charge is -2.22. The van der Waals surface area contributed by atoms with E-state index in [2.05, 4.69) is 15.2 Å². The van der Waals surface area contributed by atoms with Crippen molar-refractivity contribution >= 4 is 5.69 Å². The molecule has 0 bridgehead atoms. The molecule has 2 rings (SSSR count). The molecule has 0 amide bonds. The van der Waals surface area contributed by atoms with Crippen molar-refractivity contribution in [3.05, 3.63) is 18.5 Å². The fraction of sp³-hybridized carbons (Fsp3) is 0.615. The van der Waals surface area contributed by atoms with Crippen LogP contribution in [-0.2, 0) is 4.74 Å². The number of aromatic nitrogens is 1. The van der Waals surface area contributed by atoms with Crippen molar-refractivity contribution in [3.8, 4) is 5.75 Å². The molecule has 5 heteroatoms. The van der Waals surface area contributed by atoms with Crippen molar-refractivity contribution in [1.82, 2.24) is 10.3 Å². The molecule has 18 heavy (non-hydrogen) atoms. The van der Waals surface area contributed by atoms with Gasteiger partial charge in [-0.1, -0.05) is 0 Å². The number of hydrogen-bond acceptors (Lipinski definition) is 5. The van der Waals surface area contributed by atoms with E-state index in [9.17, 15) is 0 Å². The first-order chi connectivity index (χ1) is 8.90. The van der Waals surface area contributed by atoms with Crippen molar-refractivity contribution < 1.29 is 9.47 Å². The second-order valence-electron chi connectivity index (χ2n) is 4.22. The molecule has 0 aromatic carbocycles. The molecule has 1 saturated heterocycles. The Bertz CT molecular complexity index is 352. The zero-order valence-electron chi connectivity index (χ0n) is 10.9. The minimum absolute atomic E-state index is 0.281. The first-order valence-corrected chi connectivity index (χ1v) is 6.51. The Morgan fingerprint density at radius 3 is 3.17 bits per heavy atom. The van der Waals surface area contributed by atoms with Crippen molar-refractivity contribution in [3.63, 3.8) is 0 Å². The zero-order chi connectivity index (χ0) is 12.6. The average molecular weight is 251 g/mol. The molecule has 5 nitrogen and oxygen atoms in total. The van der Waals surface area contributed by atoms with Gasteiger partial charge in [0, 0.05) is 32.3 Å². The summed E-state index contributed by atoms with van der Waals surface area (Å²) in [5, 5.41) is 3.39. The van der Waals surface area contributed by atoms with Crippen LogP contribution in [0, 0.1) is 0 Å². The highest BCUT2D eigenvalue weighted by atomic mass is 16.7. The van der Waals surface area contributed by atoms with Gasteiger partial charge in [0.2, 0.25) is 0 Å². The second-order valence-corrected chi connectivity index (χ2v) is 4.22. The van der Waals surface area contributed by atoms with E-state index >= 15 is 0 Å². The summed E-state index contributed by atoms with van der Waals surface area (Å²) in [6.07, 6.45) is 4.77. The Morgan fingerprint density at radius 2 is 2.28 bits per heavy atom. The largest absolute Gasteiger partial charge is 0.466 e. The van der Waals surface area contributed by atoms with Crippen LogP contribution in [0.3, 0.4) is 0 Å². The Hall–Kier alpha value is -1.33. The molecule has 1 aromatic rings. The lowest BCUT2D eigenvalue weighted by Crippen LogP contribution is -2.27. The van der Waals surface area contributed by atoms with E-state index in [0.717, 1.165) is 44.0 Å². The Kier molecular flexibility index (Phi) is 5.23. The first kappa shape index (κ1) is 13.1. The summed E-state index contributed by atoms with van der Waals surface area (Å²) in [6.45, 7) is 7.06. The fourth-order valence-electron chi connectivity index (χ4n) is 1.96. The summed E-state index contributed by atoms with van der Waals surface area (Å²) in [5.74, 6) is 0.762. The fourth-order valence-corrected chi connectivity index (χ4v) is 1.96. The third kappa shape index (κ3) is 3.85. The maximum atomic E-state index is 5.48. The minimum Gasteiger partial charge on any atom is -0.466 e. The Morgan fingerprint density at radius 1 is 1.33 bits per heavy atom. The van der Waals surface area contributed by atoms with E-state index in [4.69, 9.17) is 9.47 Å². The molecule has 0 saturated carbocycles. The van der Waals surface area contributed by atoms with Crippen LogP contribution >= 0.6 is 0 Å². The quantitative estimate of drug-likeness (QED) is 0.630. The molecule has 100 valence electrons. The predicted octanol–water partition coefficient (Wildman–Crippen LogP) is 1.25. The van der Waals surface area contributed by atoms with E-state index in [-0.39, 0.29) is 6.79 Å². The number of ether oxygens (including phenoxy) is 2. The highest BCUT2D eigenvalue weighted by molar-refractivity contribution is 5.48. The maximum Gasteiger partial charge on any atom is 0.189 e. The van der Waals surface area contributed by atoms with Gasteiger partial charge in [-0.25, -0.2) is 0 Å². The number of nitrogens with zero attached hydrogens (tertiary/aromatic N) is 2. The van der Waals surface area contributed by atoms with E-state index in [1.165, 1.54) is 0 Å². The summed E-state index contributed by atoms with van der Waals surface area (Å²) in [4.78, 5) is 6.56. The summed E-state index contributed by atoms with van der Waals surface area (Å²) < 4.78 is 10.7. The highest BCUT2D eigenvalue weighted by Gasteiger charge is 2.10. The van der Waals surface area contributed by atoms with Gasteiger partial charge in [0.1, 0.15) is 5.75 Å². The van der Waals surface area contributed by atoms with E-state index < -0.39 is 0 Å². The molecule has 1 fully saturated rings. The van der Waals surface area contributed by atoms with Crippen LogP contribution in [0.15, 0.2) is 18.5 Å². The Balaban J connectivity index is 1.96. The molecule has 0 atom stereocenters. The van der Waals surface area contributed by atoms with Gasteiger partial charge in [0.25, 0.3) is 0 Å². The molecule has 1 aromatic heterocycles. The van der Waals surface area contributed by atoms with Crippen LogP contribution in [0.2, 0.25) is 0 Å². The number of pyridine rings is 1. The van der Waals surface area contributed by atoms with Crippen LogP contribution in [0.25, 0.3) is 0 Å². The summed E-state index contributed by atoms with van der Waals surface area (Å²) in [5.41, 5.74) is 1.12. The van der Waals surface area contributed by atoms with E-state index in [1.807, 2.05) is 19.2 Å². The normalized spacial score (nSPS) is 16.4. The first-order valence-electron chi connectivity index (χ1n) is 6.51. The molecule has 0 unspecified atom stereocenters. The molecule has 1 aliphatic heterocycles. The van der Waals surface area contributed by atoms with Crippen LogP contribution < -0.4 is 15.0 Å². The number of rotatable bonds is 5. The SMILES string of the molecule is CCOCOc1cncc(N2CCCNCC2)c1. The minimum atomic E-state index is 0.281. The van der Waals surface area contributed by atoms with Crippen molar-refractivity contribution in [2.24, 2.45) is 0 Å². The van der Waals surface area contributed by atoms with Crippen molar-refractivity contribution in [1.29, 1.82) is 0 Å². The van der Waals surface area contributed by atoms with Crippen LogP contribution in [0.4, 0.5) is 5.69 Å². The Labute approximate surface area is 108 Å². The van der Waals surface area contributed by atoms with Gasteiger partial charge in [-0.15, -0.1) is 0 Å². The van der Waals surface area contributed by atoms with Crippen molar-refractivity contribution in [2.45, 2.75) is 13.3 Å². The molecule has 0 aliphatic carbocycles. The topological polar surface area (TPSA) is 46.6 Å². The molecular formula is C13H21N3O2. The molecule has 0 radical (unpaired) electrons. The molecular weight excluding hydrogens is 230 g/mol. The number of nitrogens with one attached hydrogen (secondary N) is 1. The third-order valence-electron chi connectivity index (χ3n) is 2.92. The summed E-state index contributed by atoms with van der Waals surface area (Å²) in [6, 6.07) is 2.03. The van der Waals surface area contributed by atoms with Crippen molar-refractivity contribution in [2.75, 3.05) is 44.5 Å². The summed E-state index contributed by atoms with van der Waals surface area (Å²) >= 11 is 0. The van der Waals surface area contributed by atoms with Gasteiger partial charge in [-0.2, -0.15) is 0 Å². The van der Waals surface area contributed by atoms with E-state index in [0.29, 0.717) is 6.61 Å². The van der Waals surface area contributed by atoms with Crippen LogP contribution in [0.1, 0.15) is 13.3 Å². The highest BCUT2D eigenvalue weighted by Crippen LogP contribution is 2.20. The lowest BCUT2D eigenvalue weighted by molar-refractivity contribution is 0.0222. The zero-order valence-corrected chi connectivity index (χ0v) is 10.9. The molecule has 2 heterocycles. The van der Waals surface area contributed by atoms with Crippen LogP contribution in [-0.4, -0.2) is 44.6 Å². The lowest BCUT2D eigenvalue weighted by atomic mass is 10.3. The maximum absolute atomic E-state index is 5.48. The van der Waals surface area contributed by atoms with E-state index in [1.54, 1.807) is 6.20 Å². The third-order valence-corrected chi connectivity index (χ3v) is 2.92. The van der Waals surface area contributed by atoms with Crippen LogP contribution in [0.5, 0.6) is 5.75 Å². The number of anilines is 1. The molecule has 0 spiro atoms. The van der Waals surface area contributed by atoms with Gasteiger partial charge in [-0.05, 0) is 19.9 Å². The monoisotopic (exact) mass is 251 g/mol. The molecule has 1 N–H and O–H groups in total. The smallest absolute Gasteiger partial charge is 0.189 e. The molecule has 1 aliphatic rings. The predicted molar refractivity (Wildman–Crippen MR) is 71.1 cm³/mol.